The zero-order valence-electron chi connectivity index (χ0n) is 9.10. The van der Waals surface area contributed by atoms with E-state index < -0.39 is 5.97 Å². The molecule has 0 unspecified atom stereocenters. The van der Waals surface area contributed by atoms with E-state index in [0.29, 0.717) is 12.3 Å². The molecular weight excluding hydrogens is 208 g/mol. The molecule has 0 saturated carbocycles. The molecule has 2 rings (SSSR count). The number of aromatic nitrogens is 3. The van der Waals surface area contributed by atoms with Crippen LogP contribution in [0.1, 0.15) is 23.0 Å². The molecule has 0 aromatic carbocycles. The first-order valence-electron chi connectivity index (χ1n) is 4.92. The van der Waals surface area contributed by atoms with Crippen LogP contribution >= 0.6 is 0 Å². The monoisotopic (exact) mass is 220 g/mol. The summed E-state index contributed by atoms with van der Waals surface area (Å²) in [4.78, 5) is 15.7. The summed E-state index contributed by atoms with van der Waals surface area (Å²) in [6.45, 7) is 3.88. The number of ether oxygens (including phenoxy) is 1. The van der Waals surface area contributed by atoms with Crippen molar-refractivity contribution >= 4 is 17.4 Å². The molecule has 0 bridgehead atoms. The second-order valence-corrected chi connectivity index (χ2v) is 3.30. The number of hydrogen-bond acceptors (Lipinski definition) is 5. The van der Waals surface area contributed by atoms with Crippen molar-refractivity contribution in [1.29, 1.82) is 0 Å². The fraction of sp³-hybridized carbons (Fsp3) is 0.300. The van der Waals surface area contributed by atoms with E-state index in [9.17, 15) is 4.79 Å². The quantitative estimate of drug-likeness (QED) is 0.757. The molecule has 0 aliphatic carbocycles. The Kier molecular flexibility index (Phi) is 2.47. The van der Waals surface area contributed by atoms with E-state index in [-0.39, 0.29) is 11.4 Å². The Morgan fingerprint density at radius 3 is 3.06 bits per heavy atom. The molecule has 0 fully saturated rings. The second kappa shape index (κ2) is 3.80. The zero-order valence-corrected chi connectivity index (χ0v) is 9.10. The Bertz CT molecular complexity index is 547. The van der Waals surface area contributed by atoms with Crippen molar-refractivity contribution < 1.29 is 9.53 Å². The van der Waals surface area contributed by atoms with Gasteiger partial charge in [-0.25, -0.2) is 14.3 Å². The SMILES string of the molecule is CCOC(=O)c1c(N)nn2c(C)ccnc12. The summed E-state index contributed by atoms with van der Waals surface area (Å²) in [6.07, 6.45) is 1.61. The number of aryl methyl sites for hydroxylation is 1. The Morgan fingerprint density at radius 2 is 2.38 bits per heavy atom. The summed E-state index contributed by atoms with van der Waals surface area (Å²) >= 11 is 0. The highest BCUT2D eigenvalue weighted by atomic mass is 16.5. The fourth-order valence-corrected chi connectivity index (χ4v) is 1.48. The number of esters is 1. The number of nitrogens with zero attached hydrogens (tertiary/aromatic N) is 3. The number of nitrogens with two attached hydrogens (primary N) is 1. The van der Waals surface area contributed by atoms with Gasteiger partial charge in [0.15, 0.2) is 11.5 Å². The summed E-state index contributed by atoms with van der Waals surface area (Å²) in [5.74, 6) is -0.353. The predicted molar refractivity (Wildman–Crippen MR) is 58.1 cm³/mol. The lowest BCUT2D eigenvalue weighted by Crippen LogP contribution is -2.07. The van der Waals surface area contributed by atoms with Crippen molar-refractivity contribution in [3.05, 3.63) is 23.5 Å². The van der Waals surface area contributed by atoms with Gasteiger partial charge in [-0.2, -0.15) is 0 Å². The lowest BCUT2D eigenvalue weighted by atomic mass is 10.3. The van der Waals surface area contributed by atoms with Crippen LogP contribution in [0.3, 0.4) is 0 Å². The van der Waals surface area contributed by atoms with E-state index in [1.807, 2.05) is 6.92 Å². The van der Waals surface area contributed by atoms with Crippen LogP contribution in [0.4, 0.5) is 5.82 Å². The van der Waals surface area contributed by atoms with E-state index in [0.717, 1.165) is 5.69 Å². The maximum atomic E-state index is 11.7. The summed E-state index contributed by atoms with van der Waals surface area (Å²) in [6, 6.07) is 1.79. The van der Waals surface area contributed by atoms with E-state index >= 15 is 0 Å². The van der Waals surface area contributed by atoms with Gasteiger partial charge in [0.05, 0.1) is 6.61 Å². The molecule has 0 atom stereocenters. The summed E-state index contributed by atoms with van der Waals surface area (Å²) in [5.41, 5.74) is 7.19. The van der Waals surface area contributed by atoms with E-state index in [4.69, 9.17) is 10.5 Å². The average Bonchev–Trinajstić information content (AvgIpc) is 2.56. The minimum absolute atomic E-state index is 0.139. The first kappa shape index (κ1) is 10.4. The summed E-state index contributed by atoms with van der Waals surface area (Å²) in [5, 5.41) is 4.05. The normalized spacial score (nSPS) is 10.6. The van der Waals surface area contributed by atoms with Gasteiger partial charge in [-0.1, -0.05) is 0 Å². The largest absolute Gasteiger partial charge is 0.462 e. The van der Waals surface area contributed by atoms with E-state index in [1.54, 1.807) is 19.2 Å². The molecular formula is C10H12N4O2. The minimum atomic E-state index is -0.492. The Labute approximate surface area is 92.0 Å². The van der Waals surface area contributed by atoms with Gasteiger partial charge in [-0.3, -0.25) is 0 Å². The topological polar surface area (TPSA) is 82.5 Å². The average molecular weight is 220 g/mol. The van der Waals surface area contributed by atoms with Crippen LogP contribution in [0.2, 0.25) is 0 Å². The van der Waals surface area contributed by atoms with Gasteiger partial charge in [0.1, 0.15) is 5.56 Å². The van der Waals surface area contributed by atoms with Crippen molar-refractivity contribution in [2.75, 3.05) is 12.3 Å². The van der Waals surface area contributed by atoms with Crippen molar-refractivity contribution in [1.82, 2.24) is 14.6 Å². The fourth-order valence-electron chi connectivity index (χ4n) is 1.48. The number of carbonyl (C=O) groups excluding carboxylic acids is 1. The molecule has 84 valence electrons. The van der Waals surface area contributed by atoms with Crippen LogP contribution in [-0.2, 0) is 4.74 Å². The maximum Gasteiger partial charge on any atom is 0.345 e. The number of fused-ring (bicyclic) bond motifs is 1. The lowest BCUT2D eigenvalue weighted by molar-refractivity contribution is 0.0529. The highest BCUT2D eigenvalue weighted by Gasteiger charge is 2.20. The molecule has 6 heteroatoms. The molecule has 0 saturated heterocycles. The molecule has 0 aliphatic rings. The summed E-state index contributed by atoms with van der Waals surface area (Å²) in [7, 11) is 0. The lowest BCUT2D eigenvalue weighted by Gasteiger charge is -2.00. The Balaban J connectivity index is 2.65. The molecule has 2 aromatic heterocycles. The highest BCUT2D eigenvalue weighted by molar-refractivity contribution is 6.00. The standard InChI is InChI=1S/C10H12N4O2/c1-3-16-10(15)7-8(11)13-14-6(2)4-5-12-9(7)14/h4-5H,3H2,1-2H3,(H2,11,13). The van der Waals surface area contributed by atoms with Gasteiger partial charge in [-0.15, -0.1) is 5.10 Å². The van der Waals surface area contributed by atoms with Crippen molar-refractivity contribution in [3.63, 3.8) is 0 Å². The van der Waals surface area contributed by atoms with Crippen molar-refractivity contribution in [2.45, 2.75) is 13.8 Å². The first-order chi connectivity index (χ1) is 7.65. The van der Waals surface area contributed by atoms with Crippen LogP contribution < -0.4 is 5.73 Å². The van der Waals surface area contributed by atoms with Crippen LogP contribution in [0.15, 0.2) is 12.3 Å². The van der Waals surface area contributed by atoms with Crippen LogP contribution in [0, 0.1) is 6.92 Å². The number of anilines is 1. The third-order valence-electron chi connectivity index (χ3n) is 2.21. The molecule has 2 aromatic rings. The van der Waals surface area contributed by atoms with Crippen molar-refractivity contribution in [2.24, 2.45) is 0 Å². The molecule has 6 nitrogen and oxygen atoms in total. The number of carbonyl (C=O) groups is 1. The molecule has 2 N–H and O–H groups in total. The summed E-state index contributed by atoms with van der Waals surface area (Å²) < 4.78 is 6.43. The van der Waals surface area contributed by atoms with Gasteiger partial charge in [0.2, 0.25) is 0 Å². The number of rotatable bonds is 2. The molecule has 0 aliphatic heterocycles. The van der Waals surface area contributed by atoms with Gasteiger partial charge in [0, 0.05) is 11.9 Å². The second-order valence-electron chi connectivity index (χ2n) is 3.30. The predicted octanol–water partition coefficient (Wildman–Crippen LogP) is 0.797. The van der Waals surface area contributed by atoms with Crippen molar-refractivity contribution in [3.8, 4) is 0 Å². The van der Waals surface area contributed by atoms with Gasteiger partial charge in [-0.05, 0) is 19.9 Å². The molecule has 0 amide bonds. The third kappa shape index (κ3) is 1.48. The van der Waals surface area contributed by atoms with Crippen LogP contribution in [0.5, 0.6) is 0 Å². The first-order valence-corrected chi connectivity index (χ1v) is 4.92. The molecule has 2 heterocycles. The minimum Gasteiger partial charge on any atom is -0.462 e. The van der Waals surface area contributed by atoms with Gasteiger partial charge >= 0.3 is 5.97 Å². The maximum absolute atomic E-state index is 11.7. The molecule has 0 spiro atoms. The van der Waals surface area contributed by atoms with Crippen LogP contribution in [-0.4, -0.2) is 27.2 Å². The van der Waals surface area contributed by atoms with Crippen LogP contribution in [0.25, 0.3) is 5.65 Å². The third-order valence-corrected chi connectivity index (χ3v) is 2.21. The van der Waals surface area contributed by atoms with Gasteiger partial charge < -0.3 is 10.5 Å². The van der Waals surface area contributed by atoms with E-state index in [1.165, 1.54) is 4.52 Å². The Hall–Kier alpha value is -2.11. The number of nitrogen functional groups attached to an aromatic ring is 1. The molecule has 16 heavy (non-hydrogen) atoms. The highest BCUT2D eigenvalue weighted by Crippen LogP contribution is 2.17. The van der Waals surface area contributed by atoms with E-state index in [2.05, 4.69) is 10.1 Å². The Morgan fingerprint density at radius 1 is 1.62 bits per heavy atom. The molecule has 0 radical (unpaired) electrons. The smallest absolute Gasteiger partial charge is 0.345 e. The number of hydrogen-bond donors (Lipinski definition) is 1. The zero-order chi connectivity index (χ0) is 11.7. The van der Waals surface area contributed by atoms with Gasteiger partial charge in [0.25, 0.3) is 0 Å².